The summed E-state index contributed by atoms with van der Waals surface area (Å²) in [5, 5.41) is -0.0487. The highest BCUT2D eigenvalue weighted by molar-refractivity contribution is 6.31. The molecule has 0 amide bonds. The van der Waals surface area contributed by atoms with Gasteiger partial charge in [-0.1, -0.05) is 11.6 Å². The summed E-state index contributed by atoms with van der Waals surface area (Å²) in [4.78, 5) is 14.5. The number of rotatable bonds is 2. The van der Waals surface area contributed by atoms with Gasteiger partial charge in [0, 0.05) is 11.8 Å². The molecule has 1 N–H and O–H groups in total. The van der Waals surface area contributed by atoms with E-state index in [1.807, 2.05) is 0 Å². The number of hydrogen-bond acceptors (Lipinski definition) is 1. The Morgan fingerprint density at radius 3 is 2.73 bits per heavy atom. The first kappa shape index (κ1) is 9.93. The van der Waals surface area contributed by atoms with Crippen LogP contribution >= 0.6 is 11.6 Å². The van der Waals surface area contributed by atoms with Crippen molar-refractivity contribution in [2.45, 2.75) is 0 Å². The van der Waals surface area contributed by atoms with E-state index in [0.717, 1.165) is 0 Å². The highest BCUT2D eigenvalue weighted by Crippen LogP contribution is 2.17. The fourth-order valence-electron chi connectivity index (χ4n) is 1.26. The van der Waals surface area contributed by atoms with E-state index in [-0.39, 0.29) is 10.8 Å². The Morgan fingerprint density at radius 2 is 2.13 bits per heavy atom. The lowest BCUT2D eigenvalue weighted by molar-refractivity contribution is 0.103. The van der Waals surface area contributed by atoms with Crippen molar-refractivity contribution in [2.24, 2.45) is 0 Å². The molecule has 15 heavy (non-hydrogen) atoms. The monoisotopic (exact) mass is 223 g/mol. The van der Waals surface area contributed by atoms with Crippen LogP contribution in [0.5, 0.6) is 0 Å². The summed E-state index contributed by atoms with van der Waals surface area (Å²) >= 11 is 5.58. The average molecular weight is 224 g/mol. The maximum absolute atomic E-state index is 12.9. The van der Waals surface area contributed by atoms with Crippen LogP contribution in [0.3, 0.4) is 0 Å². The standard InChI is InChI=1S/C11H7ClFNO/c12-8-6-7(3-4-9(8)13)11(15)10-2-1-5-14-10/h1-6,14H. The molecule has 2 rings (SSSR count). The van der Waals surface area contributed by atoms with E-state index in [0.29, 0.717) is 11.3 Å². The lowest BCUT2D eigenvalue weighted by atomic mass is 10.1. The average Bonchev–Trinajstić information content (AvgIpc) is 2.74. The van der Waals surface area contributed by atoms with Gasteiger partial charge in [-0.05, 0) is 30.3 Å². The van der Waals surface area contributed by atoms with E-state index in [2.05, 4.69) is 4.98 Å². The minimum absolute atomic E-state index is 0.0487. The van der Waals surface area contributed by atoms with Crippen LogP contribution < -0.4 is 0 Å². The molecule has 2 aromatic rings. The van der Waals surface area contributed by atoms with Gasteiger partial charge in [0.05, 0.1) is 10.7 Å². The smallest absolute Gasteiger partial charge is 0.209 e. The Bertz CT molecular complexity index is 493. The minimum Gasteiger partial charge on any atom is -0.359 e. The second-order valence-corrected chi connectivity index (χ2v) is 3.45. The van der Waals surface area contributed by atoms with Crippen LogP contribution in [-0.2, 0) is 0 Å². The van der Waals surface area contributed by atoms with Gasteiger partial charge in [-0.2, -0.15) is 0 Å². The van der Waals surface area contributed by atoms with Crippen molar-refractivity contribution < 1.29 is 9.18 Å². The molecule has 0 bridgehead atoms. The van der Waals surface area contributed by atoms with Crippen molar-refractivity contribution in [1.82, 2.24) is 4.98 Å². The summed E-state index contributed by atoms with van der Waals surface area (Å²) in [6.45, 7) is 0. The van der Waals surface area contributed by atoms with Gasteiger partial charge in [-0.15, -0.1) is 0 Å². The van der Waals surface area contributed by atoms with Gasteiger partial charge in [0.2, 0.25) is 5.78 Å². The topological polar surface area (TPSA) is 32.9 Å². The number of carbonyl (C=O) groups is 1. The number of ketones is 1. The second-order valence-electron chi connectivity index (χ2n) is 3.04. The number of nitrogens with one attached hydrogen (secondary N) is 1. The van der Waals surface area contributed by atoms with Gasteiger partial charge in [0.15, 0.2) is 0 Å². The molecular weight excluding hydrogens is 217 g/mol. The molecule has 0 atom stereocenters. The maximum Gasteiger partial charge on any atom is 0.209 e. The van der Waals surface area contributed by atoms with Crippen LogP contribution in [0.2, 0.25) is 5.02 Å². The molecule has 0 aliphatic rings. The predicted molar refractivity (Wildman–Crippen MR) is 55.6 cm³/mol. The Balaban J connectivity index is 2.39. The summed E-state index contributed by atoms with van der Waals surface area (Å²) < 4.78 is 12.9. The molecule has 0 spiro atoms. The van der Waals surface area contributed by atoms with E-state index in [1.54, 1.807) is 18.3 Å². The molecule has 1 aromatic carbocycles. The van der Waals surface area contributed by atoms with Crippen molar-refractivity contribution in [2.75, 3.05) is 0 Å². The lowest BCUT2D eigenvalue weighted by Gasteiger charge is -1.99. The molecule has 1 aromatic heterocycles. The number of aromatic amines is 1. The van der Waals surface area contributed by atoms with E-state index in [1.165, 1.54) is 18.2 Å². The van der Waals surface area contributed by atoms with Crippen molar-refractivity contribution in [3.8, 4) is 0 Å². The summed E-state index contributed by atoms with van der Waals surface area (Å²) in [5.74, 6) is -0.735. The van der Waals surface area contributed by atoms with Gasteiger partial charge >= 0.3 is 0 Å². The van der Waals surface area contributed by atoms with Crippen molar-refractivity contribution in [1.29, 1.82) is 0 Å². The zero-order valence-corrected chi connectivity index (χ0v) is 8.38. The van der Waals surface area contributed by atoms with Crippen LogP contribution in [0.15, 0.2) is 36.5 Å². The molecule has 0 saturated carbocycles. The first-order valence-electron chi connectivity index (χ1n) is 4.31. The highest BCUT2D eigenvalue weighted by Gasteiger charge is 2.11. The minimum atomic E-state index is -0.528. The third kappa shape index (κ3) is 1.92. The largest absolute Gasteiger partial charge is 0.359 e. The highest BCUT2D eigenvalue weighted by atomic mass is 35.5. The molecule has 1 heterocycles. The quantitative estimate of drug-likeness (QED) is 0.780. The Morgan fingerprint density at radius 1 is 1.33 bits per heavy atom. The van der Waals surface area contributed by atoms with Crippen LogP contribution in [0.1, 0.15) is 16.1 Å². The number of carbonyl (C=O) groups excluding carboxylic acids is 1. The zero-order valence-electron chi connectivity index (χ0n) is 7.63. The van der Waals surface area contributed by atoms with Crippen molar-refractivity contribution in [3.63, 3.8) is 0 Å². The van der Waals surface area contributed by atoms with Gasteiger partial charge in [-0.3, -0.25) is 4.79 Å². The van der Waals surface area contributed by atoms with E-state index >= 15 is 0 Å². The maximum atomic E-state index is 12.9. The lowest BCUT2D eigenvalue weighted by Crippen LogP contribution is -2.01. The second kappa shape index (κ2) is 3.87. The Labute approximate surface area is 90.7 Å². The molecule has 0 unspecified atom stereocenters. The molecule has 0 aliphatic heterocycles. The summed E-state index contributed by atoms with van der Waals surface area (Å²) in [6.07, 6.45) is 1.65. The normalized spacial score (nSPS) is 10.3. The summed E-state index contributed by atoms with van der Waals surface area (Å²) in [6, 6.07) is 7.28. The molecule has 4 heteroatoms. The van der Waals surface area contributed by atoms with Gasteiger partial charge in [-0.25, -0.2) is 4.39 Å². The number of hydrogen-bond donors (Lipinski definition) is 1. The first-order valence-corrected chi connectivity index (χ1v) is 4.69. The van der Waals surface area contributed by atoms with Crippen molar-refractivity contribution in [3.05, 3.63) is 58.6 Å². The Kier molecular flexibility index (Phi) is 2.56. The Hall–Kier alpha value is -1.61. The van der Waals surface area contributed by atoms with E-state index < -0.39 is 5.82 Å². The zero-order chi connectivity index (χ0) is 10.8. The molecule has 2 nitrogen and oxygen atoms in total. The van der Waals surface area contributed by atoms with Crippen LogP contribution in [0, 0.1) is 5.82 Å². The molecule has 0 saturated heterocycles. The first-order chi connectivity index (χ1) is 7.18. The molecule has 0 radical (unpaired) electrons. The number of halogens is 2. The van der Waals surface area contributed by atoms with Gasteiger partial charge in [0.25, 0.3) is 0 Å². The fourth-order valence-corrected chi connectivity index (χ4v) is 1.44. The SMILES string of the molecule is O=C(c1ccc(F)c(Cl)c1)c1ccc[nH]1. The van der Waals surface area contributed by atoms with Gasteiger partial charge < -0.3 is 4.98 Å². The molecule has 0 aliphatic carbocycles. The van der Waals surface area contributed by atoms with Crippen LogP contribution in [0.25, 0.3) is 0 Å². The summed E-state index contributed by atoms with van der Waals surface area (Å²) in [7, 11) is 0. The third-order valence-corrected chi connectivity index (χ3v) is 2.31. The molecular formula is C11H7ClFNO. The van der Waals surface area contributed by atoms with Crippen molar-refractivity contribution >= 4 is 17.4 Å². The van der Waals surface area contributed by atoms with Crippen LogP contribution in [0.4, 0.5) is 4.39 Å². The van der Waals surface area contributed by atoms with E-state index in [9.17, 15) is 9.18 Å². The van der Waals surface area contributed by atoms with E-state index in [4.69, 9.17) is 11.6 Å². The molecule has 0 fully saturated rings. The predicted octanol–water partition coefficient (Wildman–Crippen LogP) is 3.04. The fraction of sp³-hybridized carbons (Fsp3) is 0. The number of benzene rings is 1. The number of aromatic nitrogens is 1. The number of H-pyrrole nitrogens is 1. The summed E-state index contributed by atoms with van der Waals surface area (Å²) in [5.41, 5.74) is 0.821. The van der Waals surface area contributed by atoms with Gasteiger partial charge in [0.1, 0.15) is 5.82 Å². The third-order valence-electron chi connectivity index (χ3n) is 2.02. The van der Waals surface area contributed by atoms with Crippen LogP contribution in [-0.4, -0.2) is 10.8 Å². The molecule has 76 valence electrons.